The number of piperidine rings is 1. The van der Waals surface area contributed by atoms with Gasteiger partial charge in [0, 0.05) is 13.2 Å². The van der Waals surface area contributed by atoms with Gasteiger partial charge in [-0.15, -0.1) is 0 Å². The maximum atomic E-state index is 12.5. The highest BCUT2D eigenvalue weighted by Crippen LogP contribution is 2.31. The third-order valence-corrected chi connectivity index (χ3v) is 3.74. The van der Waals surface area contributed by atoms with Gasteiger partial charge in [-0.1, -0.05) is 13.8 Å². The van der Waals surface area contributed by atoms with Crippen LogP contribution in [0.2, 0.25) is 0 Å². The maximum absolute atomic E-state index is 12.5. The van der Waals surface area contributed by atoms with Crippen molar-refractivity contribution in [2.24, 2.45) is 5.41 Å². The second-order valence-electron chi connectivity index (χ2n) is 5.59. The first-order valence-electron chi connectivity index (χ1n) is 6.43. The number of aromatic nitrogens is 1. The van der Waals surface area contributed by atoms with E-state index in [1.807, 2.05) is 19.2 Å². The van der Waals surface area contributed by atoms with E-state index in [0.29, 0.717) is 0 Å². The zero-order valence-corrected chi connectivity index (χ0v) is 11.3. The average Bonchev–Trinajstić information content (AvgIpc) is 2.37. The molecule has 1 saturated heterocycles. The van der Waals surface area contributed by atoms with Crippen molar-refractivity contribution in [2.45, 2.75) is 32.7 Å². The van der Waals surface area contributed by atoms with Crippen LogP contribution in [-0.2, 0) is 4.79 Å². The Morgan fingerprint density at radius 2 is 2.33 bits per heavy atom. The van der Waals surface area contributed by atoms with E-state index in [-0.39, 0.29) is 17.4 Å². The van der Waals surface area contributed by atoms with Gasteiger partial charge in [0.05, 0.1) is 17.9 Å². The van der Waals surface area contributed by atoms with E-state index >= 15 is 0 Å². The summed E-state index contributed by atoms with van der Waals surface area (Å²) in [6.45, 7) is 5.22. The standard InChI is InChI=1S/C14H21N3O/c1-14(2)7-5-9-16-12(14)13(18)17(3)11-6-4-8-15-10-11/h4,6,8,10,12,16H,5,7,9H2,1-3H3. The number of amides is 1. The lowest BCUT2D eigenvalue weighted by Crippen LogP contribution is -2.56. The average molecular weight is 247 g/mol. The summed E-state index contributed by atoms with van der Waals surface area (Å²) in [4.78, 5) is 18.3. The molecule has 1 aliphatic rings. The van der Waals surface area contributed by atoms with Gasteiger partial charge in [-0.05, 0) is 36.9 Å². The van der Waals surface area contributed by atoms with Crippen molar-refractivity contribution in [1.82, 2.24) is 10.3 Å². The molecule has 1 aromatic heterocycles. The minimum absolute atomic E-state index is 0.00576. The lowest BCUT2D eigenvalue weighted by atomic mass is 9.77. The molecule has 1 fully saturated rings. The van der Waals surface area contributed by atoms with Crippen LogP contribution in [0, 0.1) is 5.41 Å². The summed E-state index contributed by atoms with van der Waals surface area (Å²) < 4.78 is 0. The van der Waals surface area contributed by atoms with Crippen molar-refractivity contribution in [3.05, 3.63) is 24.5 Å². The summed E-state index contributed by atoms with van der Waals surface area (Å²) in [5.74, 6) is 0.118. The lowest BCUT2D eigenvalue weighted by molar-refractivity contribution is -0.123. The fourth-order valence-corrected chi connectivity index (χ4v) is 2.51. The molecule has 18 heavy (non-hydrogen) atoms. The molecule has 2 heterocycles. The number of nitrogens with one attached hydrogen (secondary N) is 1. The number of carbonyl (C=O) groups excluding carboxylic acids is 1. The van der Waals surface area contributed by atoms with Crippen LogP contribution in [0.5, 0.6) is 0 Å². The number of likely N-dealkylation sites (N-methyl/N-ethyl adjacent to an activating group) is 1. The molecule has 0 bridgehead atoms. The highest BCUT2D eigenvalue weighted by atomic mass is 16.2. The summed E-state index contributed by atoms with van der Waals surface area (Å²) in [6, 6.07) is 3.63. The van der Waals surface area contributed by atoms with Crippen LogP contribution in [0.25, 0.3) is 0 Å². The Kier molecular flexibility index (Phi) is 3.66. The van der Waals surface area contributed by atoms with E-state index in [4.69, 9.17) is 0 Å². The Hall–Kier alpha value is -1.42. The fraction of sp³-hybridized carbons (Fsp3) is 0.571. The second kappa shape index (κ2) is 5.06. The van der Waals surface area contributed by atoms with Crippen molar-refractivity contribution in [2.75, 3.05) is 18.5 Å². The summed E-state index contributed by atoms with van der Waals surface area (Å²) in [5.41, 5.74) is 0.844. The van der Waals surface area contributed by atoms with Crippen molar-refractivity contribution in [1.29, 1.82) is 0 Å². The van der Waals surface area contributed by atoms with Crippen molar-refractivity contribution in [3.63, 3.8) is 0 Å². The number of anilines is 1. The molecule has 1 aromatic rings. The highest BCUT2D eigenvalue weighted by molar-refractivity contribution is 5.97. The Bertz CT molecular complexity index is 416. The second-order valence-corrected chi connectivity index (χ2v) is 5.59. The normalized spacial score (nSPS) is 22.5. The number of nitrogens with zero attached hydrogens (tertiary/aromatic N) is 2. The Morgan fingerprint density at radius 3 is 2.94 bits per heavy atom. The topological polar surface area (TPSA) is 45.2 Å². The summed E-state index contributed by atoms with van der Waals surface area (Å²) in [7, 11) is 1.81. The number of hydrogen-bond acceptors (Lipinski definition) is 3. The molecular weight excluding hydrogens is 226 g/mol. The third-order valence-electron chi connectivity index (χ3n) is 3.74. The Balaban J connectivity index is 2.16. The molecule has 4 nitrogen and oxygen atoms in total. The van der Waals surface area contributed by atoms with E-state index in [2.05, 4.69) is 24.1 Å². The smallest absolute Gasteiger partial charge is 0.244 e. The van der Waals surface area contributed by atoms with Crippen molar-refractivity contribution >= 4 is 11.6 Å². The molecule has 98 valence electrons. The molecule has 4 heteroatoms. The molecule has 1 aliphatic heterocycles. The van der Waals surface area contributed by atoms with Crippen LogP contribution in [0.1, 0.15) is 26.7 Å². The van der Waals surface area contributed by atoms with Gasteiger partial charge >= 0.3 is 0 Å². The zero-order chi connectivity index (χ0) is 13.2. The van der Waals surface area contributed by atoms with Crippen LogP contribution in [0.3, 0.4) is 0 Å². The van der Waals surface area contributed by atoms with E-state index in [9.17, 15) is 4.79 Å². The molecule has 0 spiro atoms. The molecular formula is C14H21N3O. The first-order valence-corrected chi connectivity index (χ1v) is 6.43. The maximum Gasteiger partial charge on any atom is 0.244 e. The van der Waals surface area contributed by atoms with Gasteiger partial charge in [0.25, 0.3) is 0 Å². The third kappa shape index (κ3) is 2.53. The van der Waals surface area contributed by atoms with Crippen LogP contribution in [0.4, 0.5) is 5.69 Å². The van der Waals surface area contributed by atoms with E-state index in [1.54, 1.807) is 17.3 Å². The number of rotatable bonds is 2. The summed E-state index contributed by atoms with van der Waals surface area (Å²) in [6.07, 6.45) is 5.64. The number of pyridine rings is 1. The fourth-order valence-electron chi connectivity index (χ4n) is 2.51. The molecule has 0 aromatic carbocycles. The highest BCUT2D eigenvalue weighted by Gasteiger charge is 2.38. The van der Waals surface area contributed by atoms with Gasteiger partial charge in [0.2, 0.25) is 5.91 Å². The molecule has 1 atom stereocenters. The molecule has 2 rings (SSSR count). The van der Waals surface area contributed by atoms with E-state index < -0.39 is 0 Å². The minimum atomic E-state index is -0.114. The SMILES string of the molecule is CN(C(=O)C1NCCCC1(C)C)c1cccnc1. The Labute approximate surface area is 108 Å². The van der Waals surface area contributed by atoms with E-state index in [0.717, 1.165) is 25.1 Å². The summed E-state index contributed by atoms with van der Waals surface area (Å²) >= 11 is 0. The van der Waals surface area contributed by atoms with Crippen molar-refractivity contribution < 1.29 is 4.79 Å². The van der Waals surface area contributed by atoms with Crippen LogP contribution >= 0.6 is 0 Å². The first kappa shape index (κ1) is 13.0. The van der Waals surface area contributed by atoms with E-state index in [1.165, 1.54) is 0 Å². The van der Waals surface area contributed by atoms with Gasteiger partial charge in [-0.3, -0.25) is 9.78 Å². The Morgan fingerprint density at radius 1 is 1.56 bits per heavy atom. The van der Waals surface area contributed by atoms with Gasteiger partial charge in [0.15, 0.2) is 0 Å². The number of hydrogen-bond donors (Lipinski definition) is 1. The van der Waals surface area contributed by atoms with Crippen LogP contribution < -0.4 is 10.2 Å². The van der Waals surface area contributed by atoms with Crippen LogP contribution in [0.15, 0.2) is 24.5 Å². The molecule has 1 amide bonds. The zero-order valence-electron chi connectivity index (χ0n) is 11.3. The van der Waals surface area contributed by atoms with Gasteiger partial charge in [0.1, 0.15) is 0 Å². The molecule has 1 N–H and O–H groups in total. The lowest BCUT2D eigenvalue weighted by Gasteiger charge is -2.40. The quantitative estimate of drug-likeness (QED) is 0.867. The summed E-state index contributed by atoms with van der Waals surface area (Å²) in [5, 5.41) is 3.35. The van der Waals surface area contributed by atoms with Gasteiger partial charge < -0.3 is 10.2 Å². The largest absolute Gasteiger partial charge is 0.313 e. The van der Waals surface area contributed by atoms with Gasteiger partial charge in [-0.25, -0.2) is 0 Å². The molecule has 1 unspecified atom stereocenters. The monoisotopic (exact) mass is 247 g/mol. The molecule has 0 aliphatic carbocycles. The molecule has 0 radical (unpaired) electrons. The predicted octanol–water partition coefficient (Wildman–Crippen LogP) is 1.82. The van der Waals surface area contributed by atoms with Crippen molar-refractivity contribution in [3.8, 4) is 0 Å². The number of carbonyl (C=O) groups is 1. The van der Waals surface area contributed by atoms with Gasteiger partial charge in [-0.2, -0.15) is 0 Å². The first-order chi connectivity index (χ1) is 8.52. The molecule has 0 saturated carbocycles. The predicted molar refractivity (Wildman–Crippen MR) is 72.5 cm³/mol. The minimum Gasteiger partial charge on any atom is -0.313 e. The van der Waals surface area contributed by atoms with Crippen LogP contribution in [-0.4, -0.2) is 30.5 Å².